The fraction of sp³-hybridized carbons (Fsp3) is 0.278. The topological polar surface area (TPSA) is 32.6 Å². The van der Waals surface area contributed by atoms with Crippen molar-refractivity contribution in [3.8, 4) is 5.75 Å². The molecule has 0 unspecified atom stereocenters. The fourth-order valence-corrected chi connectivity index (χ4v) is 2.65. The minimum absolute atomic E-state index is 0.0958. The predicted molar refractivity (Wildman–Crippen MR) is 92.9 cm³/mol. The van der Waals surface area contributed by atoms with Crippen LogP contribution in [0.25, 0.3) is 0 Å². The summed E-state index contributed by atoms with van der Waals surface area (Å²) < 4.78 is 1.04. The minimum atomic E-state index is -0.0958. The van der Waals surface area contributed by atoms with Gasteiger partial charge in [0.15, 0.2) is 0 Å². The highest BCUT2D eigenvalue weighted by molar-refractivity contribution is 9.10. The van der Waals surface area contributed by atoms with Gasteiger partial charge in [-0.05, 0) is 47.7 Å². The molecule has 1 N–H and O–H groups in total. The number of rotatable bonds is 2. The van der Waals surface area contributed by atoms with Gasteiger partial charge in [0.25, 0.3) is 0 Å². The van der Waals surface area contributed by atoms with Crippen LogP contribution in [0.15, 0.2) is 45.9 Å². The van der Waals surface area contributed by atoms with E-state index in [1.54, 1.807) is 6.21 Å². The van der Waals surface area contributed by atoms with E-state index in [-0.39, 0.29) is 5.41 Å². The molecule has 0 bridgehead atoms. The Hall–Kier alpha value is -1.61. The van der Waals surface area contributed by atoms with E-state index >= 15 is 0 Å². The van der Waals surface area contributed by atoms with Crippen molar-refractivity contribution in [3.63, 3.8) is 0 Å². The standard InChI is InChI=1S/C18H20BrNO/c1-12-10-14(19)8-9-16(12)20-11-13-6-5-7-15(17(13)21)18(2,3)4/h5-11,21H,1-4H3. The zero-order chi connectivity index (χ0) is 15.6. The van der Waals surface area contributed by atoms with E-state index in [4.69, 9.17) is 0 Å². The molecule has 0 aliphatic carbocycles. The summed E-state index contributed by atoms with van der Waals surface area (Å²) in [5.41, 5.74) is 3.57. The first kappa shape index (κ1) is 15.8. The molecule has 0 amide bonds. The summed E-state index contributed by atoms with van der Waals surface area (Å²) in [6, 6.07) is 11.7. The molecule has 0 saturated carbocycles. The summed E-state index contributed by atoms with van der Waals surface area (Å²) >= 11 is 3.44. The van der Waals surface area contributed by atoms with Gasteiger partial charge in [-0.25, -0.2) is 0 Å². The molecule has 0 fully saturated rings. The lowest BCUT2D eigenvalue weighted by molar-refractivity contribution is 0.446. The Morgan fingerprint density at radius 1 is 1.14 bits per heavy atom. The number of aryl methyl sites for hydroxylation is 1. The van der Waals surface area contributed by atoms with E-state index < -0.39 is 0 Å². The minimum Gasteiger partial charge on any atom is -0.507 e. The highest BCUT2D eigenvalue weighted by Crippen LogP contribution is 2.32. The van der Waals surface area contributed by atoms with Crippen LogP contribution in [0.3, 0.4) is 0 Å². The van der Waals surface area contributed by atoms with Gasteiger partial charge in [-0.3, -0.25) is 4.99 Å². The Labute approximate surface area is 134 Å². The van der Waals surface area contributed by atoms with Crippen LogP contribution in [0.4, 0.5) is 5.69 Å². The number of aromatic hydroxyl groups is 1. The predicted octanol–water partition coefficient (Wildman–Crippen LogP) is 5.51. The smallest absolute Gasteiger partial charge is 0.128 e. The first-order valence-corrected chi connectivity index (χ1v) is 7.71. The second-order valence-corrected chi connectivity index (χ2v) is 7.10. The Morgan fingerprint density at radius 2 is 1.86 bits per heavy atom. The van der Waals surface area contributed by atoms with Crippen molar-refractivity contribution < 1.29 is 5.11 Å². The summed E-state index contributed by atoms with van der Waals surface area (Å²) in [5.74, 6) is 0.309. The largest absolute Gasteiger partial charge is 0.507 e. The van der Waals surface area contributed by atoms with E-state index in [9.17, 15) is 5.11 Å². The molecule has 21 heavy (non-hydrogen) atoms. The molecule has 0 aliphatic rings. The van der Waals surface area contributed by atoms with Crippen molar-refractivity contribution in [2.24, 2.45) is 4.99 Å². The highest BCUT2D eigenvalue weighted by Gasteiger charge is 2.19. The van der Waals surface area contributed by atoms with Crippen molar-refractivity contribution in [2.75, 3.05) is 0 Å². The van der Waals surface area contributed by atoms with Gasteiger partial charge in [0.1, 0.15) is 5.75 Å². The van der Waals surface area contributed by atoms with Gasteiger partial charge in [0.05, 0.1) is 5.69 Å². The summed E-state index contributed by atoms with van der Waals surface area (Å²) in [6.45, 7) is 8.27. The highest BCUT2D eigenvalue weighted by atomic mass is 79.9. The second-order valence-electron chi connectivity index (χ2n) is 6.18. The second kappa shape index (κ2) is 6.02. The van der Waals surface area contributed by atoms with Crippen molar-refractivity contribution in [3.05, 3.63) is 57.6 Å². The molecule has 2 nitrogen and oxygen atoms in total. The average molecular weight is 346 g/mol. The van der Waals surface area contributed by atoms with Gasteiger partial charge in [-0.15, -0.1) is 0 Å². The van der Waals surface area contributed by atoms with E-state index in [0.717, 1.165) is 26.9 Å². The summed E-state index contributed by atoms with van der Waals surface area (Å²) in [6.07, 6.45) is 1.72. The third-order valence-electron chi connectivity index (χ3n) is 3.38. The van der Waals surface area contributed by atoms with E-state index in [0.29, 0.717) is 5.75 Å². The summed E-state index contributed by atoms with van der Waals surface area (Å²) in [4.78, 5) is 4.50. The van der Waals surface area contributed by atoms with Gasteiger partial charge >= 0.3 is 0 Å². The molecule has 2 rings (SSSR count). The molecule has 2 aromatic rings. The quantitative estimate of drug-likeness (QED) is 0.715. The monoisotopic (exact) mass is 345 g/mol. The van der Waals surface area contributed by atoms with Crippen LogP contribution in [0.1, 0.15) is 37.5 Å². The molecule has 0 spiro atoms. The molecule has 0 aromatic heterocycles. The summed E-state index contributed by atoms with van der Waals surface area (Å²) in [5, 5.41) is 10.4. The van der Waals surface area contributed by atoms with Gasteiger partial charge in [-0.1, -0.05) is 48.8 Å². The molecular weight excluding hydrogens is 326 g/mol. The van der Waals surface area contributed by atoms with Gasteiger partial charge < -0.3 is 5.11 Å². The van der Waals surface area contributed by atoms with Crippen LogP contribution >= 0.6 is 15.9 Å². The Kier molecular flexibility index (Phi) is 4.52. The average Bonchev–Trinajstić information content (AvgIpc) is 2.38. The Balaban J connectivity index is 2.38. The zero-order valence-corrected chi connectivity index (χ0v) is 14.4. The van der Waals surface area contributed by atoms with Crippen molar-refractivity contribution in [2.45, 2.75) is 33.1 Å². The van der Waals surface area contributed by atoms with Crippen molar-refractivity contribution in [1.29, 1.82) is 0 Å². The number of hydrogen-bond acceptors (Lipinski definition) is 2. The maximum absolute atomic E-state index is 10.4. The molecule has 0 radical (unpaired) electrons. The number of aliphatic imine (C=N–C) groups is 1. The van der Waals surface area contributed by atoms with Gasteiger partial charge in [-0.2, -0.15) is 0 Å². The molecule has 2 aromatic carbocycles. The number of hydrogen-bond donors (Lipinski definition) is 1. The first-order chi connectivity index (χ1) is 9.79. The van der Waals surface area contributed by atoms with Crippen LogP contribution < -0.4 is 0 Å². The molecular formula is C18H20BrNO. The number of nitrogens with zero attached hydrogens (tertiary/aromatic N) is 1. The molecule has 3 heteroatoms. The lowest BCUT2D eigenvalue weighted by atomic mass is 9.85. The molecule has 0 heterocycles. The third-order valence-corrected chi connectivity index (χ3v) is 3.87. The fourth-order valence-electron chi connectivity index (χ4n) is 2.17. The number of benzene rings is 2. The maximum atomic E-state index is 10.4. The molecule has 110 valence electrons. The Morgan fingerprint density at radius 3 is 2.48 bits per heavy atom. The number of para-hydroxylation sites is 1. The maximum Gasteiger partial charge on any atom is 0.128 e. The molecule has 0 saturated heterocycles. The number of phenols is 1. The zero-order valence-electron chi connectivity index (χ0n) is 12.8. The normalized spacial score (nSPS) is 12.0. The van der Waals surface area contributed by atoms with Crippen molar-refractivity contribution in [1.82, 2.24) is 0 Å². The van der Waals surface area contributed by atoms with Crippen LogP contribution in [-0.2, 0) is 5.41 Å². The van der Waals surface area contributed by atoms with Crippen LogP contribution in [0.5, 0.6) is 5.75 Å². The van der Waals surface area contributed by atoms with Gasteiger partial charge in [0, 0.05) is 16.3 Å². The lowest BCUT2D eigenvalue weighted by Gasteiger charge is -2.21. The SMILES string of the molecule is Cc1cc(Br)ccc1N=Cc1cccc(C(C)(C)C)c1O. The molecule has 0 aliphatic heterocycles. The lowest BCUT2D eigenvalue weighted by Crippen LogP contribution is -2.11. The van der Waals surface area contributed by atoms with Crippen molar-refractivity contribution >= 4 is 27.8 Å². The first-order valence-electron chi connectivity index (χ1n) is 6.92. The number of halogens is 1. The molecule has 0 atom stereocenters. The van der Waals surface area contributed by atoms with Gasteiger partial charge in [0.2, 0.25) is 0 Å². The van der Waals surface area contributed by atoms with Crippen LogP contribution in [0.2, 0.25) is 0 Å². The van der Waals surface area contributed by atoms with E-state index in [2.05, 4.69) is 41.7 Å². The third kappa shape index (κ3) is 3.73. The van der Waals surface area contributed by atoms with Crippen LogP contribution in [0, 0.1) is 6.92 Å². The Bertz CT molecular complexity index is 684. The number of phenolic OH excluding ortho intramolecular Hbond substituents is 1. The van der Waals surface area contributed by atoms with E-state index in [1.165, 1.54) is 0 Å². The van der Waals surface area contributed by atoms with Crippen LogP contribution in [-0.4, -0.2) is 11.3 Å². The van der Waals surface area contributed by atoms with E-state index in [1.807, 2.05) is 43.3 Å². The summed E-state index contributed by atoms with van der Waals surface area (Å²) in [7, 11) is 0.